The summed E-state index contributed by atoms with van der Waals surface area (Å²) in [5.74, 6) is 0.141. The van der Waals surface area contributed by atoms with Crippen molar-refractivity contribution in [2.24, 2.45) is 0 Å². The number of nitrogens with one attached hydrogen (secondary N) is 1. The van der Waals surface area contributed by atoms with E-state index in [1.807, 2.05) is 33.0 Å². The molecule has 0 aliphatic rings. The van der Waals surface area contributed by atoms with Crippen molar-refractivity contribution in [2.75, 3.05) is 7.05 Å². The highest BCUT2D eigenvalue weighted by molar-refractivity contribution is 5.76. The Morgan fingerprint density at radius 1 is 1.30 bits per heavy atom. The van der Waals surface area contributed by atoms with Gasteiger partial charge in [0.05, 0.1) is 5.69 Å². The van der Waals surface area contributed by atoms with Crippen molar-refractivity contribution in [1.29, 1.82) is 0 Å². The van der Waals surface area contributed by atoms with E-state index in [-0.39, 0.29) is 5.91 Å². The molecule has 20 heavy (non-hydrogen) atoms. The molecule has 0 aliphatic heterocycles. The van der Waals surface area contributed by atoms with E-state index in [0.29, 0.717) is 13.0 Å². The van der Waals surface area contributed by atoms with Gasteiger partial charge in [0.25, 0.3) is 0 Å². The van der Waals surface area contributed by atoms with Crippen LogP contribution in [0.5, 0.6) is 0 Å². The van der Waals surface area contributed by atoms with E-state index in [0.717, 1.165) is 28.9 Å². The lowest BCUT2D eigenvalue weighted by atomic mass is 10.1. The molecule has 0 unspecified atom stereocenters. The Labute approximate surface area is 119 Å². The summed E-state index contributed by atoms with van der Waals surface area (Å²) in [6, 6.07) is 3.88. The fraction of sp³-hybridized carbons (Fsp3) is 0.400. The molecule has 106 valence electrons. The summed E-state index contributed by atoms with van der Waals surface area (Å²) >= 11 is 0. The maximum absolute atomic E-state index is 12.1. The Morgan fingerprint density at radius 3 is 2.60 bits per heavy atom. The Balaban J connectivity index is 1.89. The van der Waals surface area contributed by atoms with Crippen LogP contribution in [0, 0.1) is 13.8 Å². The van der Waals surface area contributed by atoms with E-state index >= 15 is 0 Å². The number of hydrogen-bond donors (Lipinski definition) is 1. The third-order valence-corrected chi connectivity index (χ3v) is 3.48. The highest BCUT2D eigenvalue weighted by Gasteiger charge is 2.13. The number of nitrogens with zero attached hydrogens (tertiary/aromatic N) is 3. The zero-order valence-corrected chi connectivity index (χ0v) is 12.2. The summed E-state index contributed by atoms with van der Waals surface area (Å²) in [5, 5.41) is 7.10. The molecule has 5 heteroatoms. The fourth-order valence-electron chi connectivity index (χ4n) is 2.12. The maximum Gasteiger partial charge on any atom is 0.222 e. The van der Waals surface area contributed by atoms with Gasteiger partial charge in [-0.15, -0.1) is 0 Å². The molecule has 0 aliphatic carbocycles. The molecule has 0 aromatic carbocycles. The van der Waals surface area contributed by atoms with Crippen LogP contribution in [0.15, 0.2) is 24.5 Å². The summed E-state index contributed by atoms with van der Waals surface area (Å²) in [4.78, 5) is 17.9. The van der Waals surface area contributed by atoms with Crippen molar-refractivity contribution in [3.05, 3.63) is 47.0 Å². The van der Waals surface area contributed by atoms with Crippen molar-refractivity contribution in [2.45, 2.75) is 33.2 Å². The number of aryl methyl sites for hydroxylation is 3. The second-order valence-corrected chi connectivity index (χ2v) is 5.02. The topological polar surface area (TPSA) is 61.9 Å². The summed E-state index contributed by atoms with van der Waals surface area (Å²) in [7, 11) is 1.83. The molecular formula is C15H20N4O. The molecule has 0 fully saturated rings. The van der Waals surface area contributed by atoms with Gasteiger partial charge >= 0.3 is 0 Å². The minimum Gasteiger partial charge on any atom is -0.341 e. The molecule has 0 saturated heterocycles. The van der Waals surface area contributed by atoms with Crippen LogP contribution in [0.4, 0.5) is 0 Å². The lowest BCUT2D eigenvalue weighted by molar-refractivity contribution is -0.130. The van der Waals surface area contributed by atoms with E-state index in [1.54, 1.807) is 17.3 Å². The number of aromatic amines is 1. The average Bonchev–Trinajstić information content (AvgIpc) is 2.77. The molecule has 0 bridgehead atoms. The molecule has 0 atom stereocenters. The molecule has 0 radical (unpaired) electrons. The van der Waals surface area contributed by atoms with Gasteiger partial charge in [0.1, 0.15) is 0 Å². The number of pyridine rings is 1. The molecule has 0 spiro atoms. The van der Waals surface area contributed by atoms with Gasteiger partial charge < -0.3 is 4.90 Å². The Hall–Kier alpha value is -2.17. The third kappa shape index (κ3) is 3.44. The normalized spacial score (nSPS) is 10.6. The first-order chi connectivity index (χ1) is 9.58. The second-order valence-electron chi connectivity index (χ2n) is 5.02. The zero-order chi connectivity index (χ0) is 14.5. The first kappa shape index (κ1) is 14.2. The number of carbonyl (C=O) groups excluding carboxylic acids is 1. The largest absolute Gasteiger partial charge is 0.341 e. The number of aromatic nitrogens is 3. The van der Waals surface area contributed by atoms with Gasteiger partial charge in [-0.2, -0.15) is 5.10 Å². The zero-order valence-electron chi connectivity index (χ0n) is 12.2. The minimum absolute atomic E-state index is 0.141. The summed E-state index contributed by atoms with van der Waals surface area (Å²) in [6.45, 7) is 4.53. The van der Waals surface area contributed by atoms with E-state index in [4.69, 9.17) is 0 Å². The fourth-order valence-corrected chi connectivity index (χ4v) is 2.12. The van der Waals surface area contributed by atoms with Gasteiger partial charge in [-0.25, -0.2) is 0 Å². The number of rotatable bonds is 5. The monoisotopic (exact) mass is 272 g/mol. The van der Waals surface area contributed by atoms with Crippen molar-refractivity contribution in [3.63, 3.8) is 0 Å². The van der Waals surface area contributed by atoms with Crippen LogP contribution in [0.2, 0.25) is 0 Å². The molecule has 2 aromatic heterocycles. The van der Waals surface area contributed by atoms with Gasteiger partial charge in [0.15, 0.2) is 0 Å². The molecule has 2 heterocycles. The number of amides is 1. The van der Waals surface area contributed by atoms with Crippen molar-refractivity contribution < 1.29 is 4.79 Å². The molecule has 1 amide bonds. The predicted molar refractivity (Wildman–Crippen MR) is 77.1 cm³/mol. The van der Waals surface area contributed by atoms with Crippen molar-refractivity contribution in [3.8, 4) is 0 Å². The highest BCUT2D eigenvalue weighted by atomic mass is 16.2. The van der Waals surface area contributed by atoms with E-state index < -0.39 is 0 Å². The first-order valence-electron chi connectivity index (χ1n) is 6.71. The Kier molecular flexibility index (Phi) is 4.50. The number of hydrogen-bond acceptors (Lipinski definition) is 3. The smallest absolute Gasteiger partial charge is 0.222 e. The van der Waals surface area contributed by atoms with Gasteiger partial charge in [-0.1, -0.05) is 0 Å². The van der Waals surface area contributed by atoms with Crippen LogP contribution >= 0.6 is 0 Å². The van der Waals surface area contributed by atoms with Crippen LogP contribution in [0.1, 0.15) is 28.9 Å². The molecule has 2 aromatic rings. The molecule has 0 saturated carbocycles. The quantitative estimate of drug-likeness (QED) is 0.905. The van der Waals surface area contributed by atoms with Crippen molar-refractivity contribution >= 4 is 5.91 Å². The lowest BCUT2D eigenvalue weighted by Gasteiger charge is -2.17. The summed E-state index contributed by atoms with van der Waals surface area (Å²) in [6.07, 6.45) is 4.76. The second kappa shape index (κ2) is 6.32. The van der Waals surface area contributed by atoms with Gasteiger partial charge in [-0.05, 0) is 38.0 Å². The third-order valence-electron chi connectivity index (χ3n) is 3.48. The van der Waals surface area contributed by atoms with E-state index in [1.165, 1.54) is 0 Å². The Bertz CT molecular complexity index is 557. The van der Waals surface area contributed by atoms with Crippen LogP contribution in [0.25, 0.3) is 0 Å². The molecular weight excluding hydrogens is 252 g/mol. The molecule has 2 rings (SSSR count). The average molecular weight is 272 g/mol. The van der Waals surface area contributed by atoms with E-state index in [2.05, 4.69) is 15.2 Å². The van der Waals surface area contributed by atoms with Crippen molar-refractivity contribution in [1.82, 2.24) is 20.1 Å². The van der Waals surface area contributed by atoms with Gasteiger partial charge in [0, 0.05) is 43.7 Å². The highest BCUT2D eigenvalue weighted by Crippen LogP contribution is 2.12. The lowest BCUT2D eigenvalue weighted by Crippen LogP contribution is -2.26. The summed E-state index contributed by atoms with van der Waals surface area (Å²) in [5.41, 5.74) is 4.22. The van der Waals surface area contributed by atoms with E-state index in [9.17, 15) is 4.79 Å². The van der Waals surface area contributed by atoms with Gasteiger partial charge in [-0.3, -0.25) is 14.9 Å². The molecule has 1 N–H and O–H groups in total. The minimum atomic E-state index is 0.141. The SMILES string of the molecule is Cc1n[nH]c(C)c1CN(C)C(=O)CCc1ccncc1. The predicted octanol–water partition coefficient (Wildman–Crippen LogP) is 2.01. The molecule has 5 nitrogen and oxygen atoms in total. The van der Waals surface area contributed by atoms with Crippen LogP contribution in [-0.4, -0.2) is 33.0 Å². The first-order valence-corrected chi connectivity index (χ1v) is 6.71. The maximum atomic E-state index is 12.1. The van der Waals surface area contributed by atoms with Crippen LogP contribution in [0.3, 0.4) is 0 Å². The number of H-pyrrole nitrogens is 1. The number of carbonyl (C=O) groups is 1. The Morgan fingerprint density at radius 2 is 2.00 bits per heavy atom. The van der Waals surface area contributed by atoms with Gasteiger partial charge in [0.2, 0.25) is 5.91 Å². The summed E-state index contributed by atoms with van der Waals surface area (Å²) < 4.78 is 0. The van der Waals surface area contributed by atoms with Crippen LogP contribution in [-0.2, 0) is 17.8 Å². The standard InChI is InChI=1S/C15H20N4O/c1-11-14(12(2)18-17-11)10-19(3)15(20)5-4-13-6-8-16-9-7-13/h6-9H,4-5,10H2,1-3H3,(H,17,18). The van der Waals surface area contributed by atoms with Crippen LogP contribution < -0.4 is 0 Å².